The zero-order chi connectivity index (χ0) is 13.4. The molecule has 2 aromatic rings. The van der Waals surface area contributed by atoms with Gasteiger partial charge < -0.3 is 5.73 Å². The van der Waals surface area contributed by atoms with Crippen molar-refractivity contribution in [2.75, 3.05) is 0 Å². The van der Waals surface area contributed by atoms with Crippen LogP contribution in [0, 0.1) is 3.57 Å². The van der Waals surface area contributed by atoms with Crippen molar-refractivity contribution in [3.05, 3.63) is 38.9 Å². The van der Waals surface area contributed by atoms with Gasteiger partial charge in [0, 0.05) is 15.3 Å². The van der Waals surface area contributed by atoms with Crippen molar-refractivity contribution in [1.29, 1.82) is 0 Å². The number of carbonyl (C=O) groups excluding carboxylic acids is 1. The molecule has 0 saturated heterocycles. The minimum absolute atomic E-state index is 0.398. The van der Waals surface area contributed by atoms with Crippen LogP contribution in [0.25, 0.3) is 5.82 Å². The molecule has 0 bridgehead atoms. The van der Waals surface area contributed by atoms with Crippen molar-refractivity contribution >= 4 is 28.5 Å². The van der Waals surface area contributed by atoms with E-state index >= 15 is 0 Å². The summed E-state index contributed by atoms with van der Waals surface area (Å²) >= 11 is 2.24. The van der Waals surface area contributed by atoms with Crippen molar-refractivity contribution in [3.63, 3.8) is 0 Å². The Morgan fingerprint density at radius 3 is 2.89 bits per heavy atom. The molecule has 98 valence electrons. The lowest BCUT2D eigenvalue weighted by atomic mass is 9.95. The van der Waals surface area contributed by atoms with Crippen LogP contribution in [0.2, 0.25) is 0 Å². The average molecular weight is 368 g/mol. The summed E-state index contributed by atoms with van der Waals surface area (Å²) in [6.45, 7) is 0. The first kappa shape index (κ1) is 12.6. The van der Waals surface area contributed by atoms with E-state index in [9.17, 15) is 4.79 Å². The number of hydrogen-bond donors (Lipinski definition) is 1. The average Bonchev–Trinajstić information content (AvgIpc) is 2.78. The Balaban J connectivity index is 2.19. The second-order valence-corrected chi connectivity index (χ2v) is 5.83. The van der Waals surface area contributed by atoms with Gasteiger partial charge in [0.2, 0.25) is 0 Å². The molecule has 0 aliphatic heterocycles. The lowest BCUT2D eigenvalue weighted by Gasteiger charge is -2.13. The van der Waals surface area contributed by atoms with E-state index in [-0.39, 0.29) is 0 Å². The first-order chi connectivity index (χ1) is 9.16. The fourth-order valence-electron chi connectivity index (χ4n) is 2.50. The maximum atomic E-state index is 11.5. The first-order valence-electron chi connectivity index (χ1n) is 6.19. The van der Waals surface area contributed by atoms with Crippen LogP contribution in [0.3, 0.4) is 0 Å². The number of aromatic nitrogens is 3. The lowest BCUT2D eigenvalue weighted by Crippen LogP contribution is -2.15. The largest absolute Gasteiger partial charge is 0.364 e. The normalized spacial score (nSPS) is 14.2. The predicted molar refractivity (Wildman–Crippen MR) is 79.2 cm³/mol. The van der Waals surface area contributed by atoms with Crippen molar-refractivity contribution in [2.45, 2.75) is 25.7 Å². The molecule has 1 aliphatic rings. The fraction of sp³-hybridized carbons (Fsp3) is 0.308. The monoisotopic (exact) mass is 368 g/mol. The maximum absolute atomic E-state index is 11.5. The molecule has 6 heteroatoms. The Bertz CT molecular complexity index is 650. The van der Waals surface area contributed by atoms with Gasteiger partial charge in [-0.25, -0.2) is 9.67 Å². The Labute approximate surface area is 124 Å². The molecule has 2 N–H and O–H groups in total. The van der Waals surface area contributed by atoms with Gasteiger partial charge in [0.05, 0.1) is 5.69 Å². The zero-order valence-electron chi connectivity index (χ0n) is 10.3. The molecule has 0 radical (unpaired) electrons. The Kier molecular flexibility index (Phi) is 3.26. The molecule has 0 fully saturated rings. The molecule has 1 amide bonds. The van der Waals surface area contributed by atoms with Gasteiger partial charge in [-0.3, -0.25) is 4.79 Å². The van der Waals surface area contributed by atoms with Gasteiger partial charge in [-0.15, -0.1) is 0 Å². The number of fused-ring (bicyclic) bond motifs is 1. The molecular weight excluding hydrogens is 355 g/mol. The lowest BCUT2D eigenvalue weighted by molar-refractivity contribution is 0.0994. The predicted octanol–water partition coefficient (Wildman–Crippen LogP) is 1.85. The fourth-order valence-corrected chi connectivity index (χ4v) is 2.94. The van der Waals surface area contributed by atoms with Crippen LogP contribution < -0.4 is 5.73 Å². The molecule has 2 heterocycles. The summed E-state index contributed by atoms with van der Waals surface area (Å²) in [4.78, 5) is 15.8. The third kappa shape index (κ3) is 2.24. The Hall–Kier alpha value is -1.44. The summed E-state index contributed by atoms with van der Waals surface area (Å²) < 4.78 is 2.86. The Morgan fingerprint density at radius 2 is 2.16 bits per heavy atom. The van der Waals surface area contributed by atoms with Crippen LogP contribution >= 0.6 is 22.6 Å². The van der Waals surface area contributed by atoms with E-state index in [0.29, 0.717) is 5.69 Å². The smallest absolute Gasteiger partial charge is 0.269 e. The number of amides is 1. The second kappa shape index (κ2) is 4.92. The van der Waals surface area contributed by atoms with Gasteiger partial charge in [0.1, 0.15) is 0 Å². The highest BCUT2D eigenvalue weighted by molar-refractivity contribution is 14.1. The van der Waals surface area contributed by atoms with Crippen LogP contribution in [0.5, 0.6) is 0 Å². The van der Waals surface area contributed by atoms with Crippen LogP contribution in [0.15, 0.2) is 18.3 Å². The molecular formula is C13H13IN4O. The van der Waals surface area contributed by atoms with E-state index in [0.717, 1.165) is 46.3 Å². The van der Waals surface area contributed by atoms with E-state index in [1.54, 1.807) is 10.9 Å². The van der Waals surface area contributed by atoms with Crippen molar-refractivity contribution < 1.29 is 4.79 Å². The highest BCUT2D eigenvalue weighted by Gasteiger charge is 2.24. The maximum Gasteiger partial charge on any atom is 0.269 e. The van der Waals surface area contributed by atoms with Gasteiger partial charge in [-0.2, -0.15) is 5.10 Å². The summed E-state index contributed by atoms with van der Waals surface area (Å²) in [6, 6.07) is 3.88. The molecule has 5 nitrogen and oxygen atoms in total. The van der Waals surface area contributed by atoms with Crippen LogP contribution in [0.1, 0.15) is 34.6 Å². The minimum atomic E-state index is -0.456. The van der Waals surface area contributed by atoms with Gasteiger partial charge in [-0.05, 0) is 60.4 Å². The number of primary amides is 1. The van der Waals surface area contributed by atoms with E-state index in [1.807, 2.05) is 12.1 Å². The highest BCUT2D eigenvalue weighted by Crippen LogP contribution is 2.26. The van der Waals surface area contributed by atoms with Crippen LogP contribution in [-0.4, -0.2) is 20.7 Å². The number of rotatable bonds is 2. The van der Waals surface area contributed by atoms with Crippen molar-refractivity contribution in [3.8, 4) is 5.82 Å². The number of nitrogens with zero attached hydrogens (tertiary/aromatic N) is 3. The minimum Gasteiger partial charge on any atom is -0.364 e. The zero-order valence-corrected chi connectivity index (χ0v) is 12.4. The quantitative estimate of drug-likeness (QED) is 0.823. The van der Waals surface area contributed by atoms with Gasteiger partial charge in [-0.1, -0.05) is 0 Å². The van der Waals surface area contributed by atoms with Gasteiger partial charge in [0.15, 0.2) is 11.5 Å². The van der Waals surface area contributed by atoms with E-state index < -0.39 is 5.91 Å². The highest BCUT2D eigenvalue weighted by atomic mass is 127. The Morgan fingerprint density at radius 1 is 1.37 bits per heavy atom. The molecule has 1 aliphatic carbocycles. The van der Waals surface area contributed by atoms with Crippen molar-refractivity contribution in [2.24, 2.45) is 5.73 Å². The number of hydrogen-bond acceptors (Lipinski definition) is 3. The van der Waals surface area contributed by atoms with E-state index in [2.05, 4.69) is 32.7 Å². The molecule has 0 spiro atoms. The molecule has 0 atom stereocenters. The van der Waals surface area contributed by atoms with Crippen LogP contribution in [-0.2, 0) is 12.8 Å². The molecule has 2 aromatic heterocycles. The van der Waals surface area contributed by atoms with Crippen molar-refractivity contribution in [1.82, 2.24) is 14.8 Å². The molecule has 19 heavy (non-hydrogen) atoms. The van der Waals surface area contributed by atoms with Crippen LogP contribution in [0.4, 0.5) is 0 Å². The molecule has 0 unspecified atom stereocenters. The summed E-state index contributed by atoms with van der Waals surface area (Å²) in [7, 11) is 0. The second-order valence-electron chi connectivity index (χ2n) is 4.59. The standard InChI is InChI=1S/C13H13IN4O/c14-8-5-6-16-11(7-8)18-10-4-2-1-3-9(10)12(17-18)13(15)19/h5-7H,1-4H2,(H2,15,19). The summed E-state index contributed by atoms with van der Waals surface area (Å²) in [5, 5.41) is 4.38. The number of halogens is 1. The summed E-state index contributed by atoms with van der Waals surface area (Å²) in [5.41, 5.74) is 7.90. The summed E-state index contributed by atoms with van der Waals surface area (Å²) in [5.74, 6) is 0.292. The SMILES string of the molecule is NC(=O)c1nn(-c2cc(I)ccn2)c2c1CCCC2. The third-order valence-electron chi connectivity index (χ3n) is 3.34. The third-order valence-corrected chi connectivity index (χ3v) is 4.01. The van der Waals surface area contributed by atoms with Gasteiger partial charge in [0.25, 0.3) is 5.91 Å². The molecule has 3 rings (SSSR count). The number of carbonyl (C=O) groups is 1. The molecule has 0 aromatic carbocycles. The molecule has 0 saturated carbocycles. The number of nitrogens with two attached hydrogens (primary N) is 1. The van der Waals surface area contributed by atoms with E-state index in [4.69, 9.17) is 5.73 Å². The van der Waals surface area contributed by atoms with E-state index in [1.165, 1.54) is 0 Å². The number of pyridine rings is 1. The van der Waals surface area contributed by atoms with Gasteiger partial charge >= 0.3 is 0 Å². The first-order valence-corrected chi connectivity index (χ1v) is 7.27. The topological polar surface area (TPSA) is 73.8 Å². The summed E-state index contributed by atoms with van der Waals surface area (Å²) in [6.07, 6.45) is 5.73.